The number of aryl methyl sites for hydroxylation is 1. The number of pyridine rings is 1. The number of benzene rings is 1. The van der Waals surface area contributed by atoms with Gasteiger partial charge in [0.05, 0.1) is 17.6 Å². The van der Waals surface area contributed by atoms with E-state index in [1.165, 1.54) is 19.3 Å². The molecule has 0 saturated carbocycles. The van der Waals surface area contributed by atoms with Crippen LogP contribution in [-0.2, 0) is 13.1 Å². The standard InChI is InChI=1S/C21H26N4O/c1-3-4-5-10-15-25-19-13-7-6-11-17(19)23-20(25)16-24(2)21(26)18-12-8-9-14-22-18/h6-9,11-14H,3-5,10,15-16H2,1-2H3. The first kappa shape index (κ1) is 18.1. The van der Waals surface area contributed by atoms with Crippen molar-refractivity contribution in [1.82, 2.24) is 19.4 Å². The highest BCUT2D eigenvalue weighted by Gasteiger charge is 2.17. The van der Waals surface area contributed by atoms with Gasteiger partial charge in [-0.1, -0.05) is 44.4 Å². The average Bonchev–Trinajstić information content (AvgIpc) is 3.02. The molecule has 26 heavy (non-hydrogen) atoms. The number of nitrogens with zero attached hydrogens (tertiary/aromatic N) is 4. The zero-order chi connectivity index (χ0) is 18.4. The molecule has 0 bridgehead atoms. The van der Waals surface area contributed by atoms with Gasteiger partial charge in [0.1, 0.15) is 11.5 Å². The van der Waals surface area contributed by atoms with E-state index in [0.29, 0.717) is 12.2 Å². The van der Waals surface area contributed by atoms with Gasteiger partial charge < -0.3 is 9.47 Å². The summed E-state index contributed by atoms with van der Waals surface area (Å²) in [7, 11) is 1.80. The second kappa shape index (κ2) is 8.61. The van der Waals surface area contributed by atoms with Crippen LogP contribution < -0.4 is 0 Å². The number of carbonyl (C=O) groups excluding carboxylic acids is 1. The molecule has 0 N–H and O–H groups in total. The predicted octanol–water partition coefficient (Wildman–Crippen LogP) is 4.28. The molecule has 2 aromatic heterocycles. The van der Waals surface area contributed by atoms with E-state index in [9.17, 15) is 4.79 Å². The third-order valence-corrected chi connectivity index (χ3v) is 4.58. The van der Waals surface area contributed by atoms with Crippen LogP contribution >= 0.6 is 0 Å². The van der Waals surface area contributed by atoms with Crippen LogP contribution in [0.15, 0.2) is 48.7 Å². The van der Waals surface area contributed by atoms with Crippen LogP contribution in [0.1, 0.15) is 48.9 Å². The van der Waals surface area contributed by atoms with Gasteiger partial charge in [-0.3, -0.25) is 9.78 Å². The molecule has 0 radical (unpaired) electrons. The molecule has 2 heterocycles. The van der Waals surface area contributed by atoms with Crippen molar-refractivity contribution in [3.63, 3.8) is 0 Å². The van der Waals surface area contributed by atoms with E-state index in [1.54, 1.807) is 24.2 Å². The van der Waals surface area contributed by atoms with Gasteiger partial charge in [0, 0.05) is 19.8 Å². The number of hydrogen-bond acceptors (Lipinski definition) is 3. The van der Waals surface area contributed by atoms with E-state index in [4.69, 9.17) is 4.98 Å². The Morgan fingerprint density at radius 2 is 1.88 bits per heavy atom. The molecule has 1 aromatic carbocycles. The Bertz CT molecular complexity index is 857. The summed E-state index contributed by atoms with van der Waals surface area (Å²) in [6, 6.07) is 13.6. The van der Waals surface area contributed by atoms with E-state index in [0.717, 1.165) is 29.8 Å². The molecule has 0 aliphatic rings. The Kier molecular flexibility index (Phi) is 6.00. The molecule has 0 spiro atoms. The van der Waals surface area contributed by atoms with Crippen LogP contribution in [0, 0.1) is 0 Å². The summed E-state index contributed by atoms with van der Waals surface area (Å²) >= 11 is 0. The Morgan fingerprint density at radius 3 is 2.65 bits per heavy atom. The Morgan fingerprint density at radius 1 is 1.08 bits per heavy atom. The van der Waals surface area contributed by atoms with Crippen LogP contribution in [-0.4, -0.2) is 32.4 Å². The van der Waals surface area contributed by atoms with Crippen molar-refractivity contribution in [1.29, 1.82) is 0 Å². The summed E-state index contributed by atoms with van der Waals surface area (Å²) in [6.07, 6.45) is 6.45. The van der Waals surface area contributed by atoms with Crippen molar-refractivity contribution in [3.05, 3.63) is 60.2 Å². The minimum Gasteiger partial charge on any atom is -0.333 e. The molecule has 5 heteroatoms. The lowest BCUT2D eigenvalue weighted by molar-refractivity contribution is 0.0774. The first-order valence-electron chi connectivity index (χ1n) is 9.31. The van der Waals surface area contributed by atoms with Crippen LogP contribution in [0.25, 0.3) is 11.0 Å². The Hall–Kier alpha value is -2.69. The van der Waals surface area contributed by atoms with Gasteiger partial charge in [0.25, 0.3) is 5.91 Å². The largest absolute Gasteiger partial charge is 0.333 e. The second-order valence-electron chi connectivity index (χ2n) is 6.61. The van der Waals surface area contributed by atoms with Crippen LogP contribution in [0.5, 0.6) is 0 Å². The van der Waals surface area contributed by atoms with E-state index in [2.05, 4.69) is 22.5 Å². The molecule has 5 nitrogen and oxygen atoms in total. The van der Waals surface area contributed by atoms with E-state index < -0.39 is 0 Å². The summed E-state index contributed by atoms with van der Waals surface area (Å²) in [5.74, 6) is 0.838. The number of carbonyl (C=O) groups is 1. The summed E-state index contributed by atoms with van der Waals surface area (Å²) in [5, 5.41) is 0. The first-order valence-corrected chi connectivity index (χ1v) is 9.31. The second-order valence-corrected chi connectivity index (χ2v) is 6.61. The fourth-order valence-electron chi connectivity index (χ4n) is 3.16. The molecule has 0 aliphatic carbocycles. The number of aromatic nitrogens is 3. The zero-order valence-electron chi connectivity index (χ0n) is 15.6. The molecular weight excluding hydrogens is 324 g/mol. The third-order valence-electron chi connectivity index (χ3n) is 4.58. The lowest BCUT2D eigenvalue weighted by Gasteiger charge is -2.17. The number of para-hydroxylation sites is 2. The average molecular weight is 350 g/mol. The minimum absolute atomic E-state index is 0.0878. The fourth-order valence-corrected chi connectivity index (χ4v) is 3.16. The predicted molar refractivity (Wildman–Crippen MR) is 104 cm³/mol. The maximum atomic E-state index is 12.6. The molecule has 0 unspecified atom stereocenters. The van der Waals surface area contributed by atoms with Crippen LogP contribution in [0.4, 0.5) is 0 Å². The third kappa shape index (κ3) is 4.10. The lowest BCUT2D eigenvalue weighted by atomic mass is 10.2. The zero-order valence-corrected chi connectivity index (χ0v) is 15.6. The molecule has 3 aromatic rings. The first-order chi connectivity index (χ1) is 12.7. The molecule has 0 saturated heterocycles. The highest BCUT2D eigenvalue weighted by atomic mass is 16.2. The fraction of sp³-hybridized carbons (Fsp3) is 0.381. The number of imidazole rings is 1. The van der Waals surface area contributed by atoms with Gasteiger partial charge in [0.15, 0.2) is 0 Å². The maximum Gasteiger partial charge on any atom is 0.272 e. The lowest BCUT2D eigenvalue weighted by Crippen LogP contribution is -2.28. The van der Waals surface area contributed by atoms with Crippen LogP contribution in [0.3, 0.4) is 0 Å². The van der Waals surface area contributed by atoms with Gasteiger partial charge in [-0.2, -0.15) is 0 Å². The molecule has 3 rings (SSSR count). The van der Waals surface area contributed by atoms with Gasteiger partial charge in [-0.25, -0.2) is 4.98 Å². The monoisotopic (exact) mass is 350 g/mol. The van der Waals surface area contributed by atoms with Crippen molar-refractivity contribution in [2.24, 2.45) is 0 Å². The van der Waals surface area contributed by atoms with E-state index in [1.807, 2.05) is 30.3 Å². The molecule has 1 amide bonds. The van der Waals surface area contributed by atoms with Gasteiger partial charge in [-0.15, -0.1) is 0 Å². The SMILES string of the molecule is CCCCCCn1c(CN(C)C(=O)c2ccccn2)nc2ccccc21. The smallest absolute Gasteiger partial charge is 0.272 e. The molecule has 136 valence electrons. The van der Waals surface area contributed by atoms with Gasteiger partial charge in [-0.05, 0) is 30.7 Å². The normalized spacial score (nSPS) is 11.0. The van der Waals surface area contributed by atoms with Crippen molar-refractivity contribution < 1.29 is 4.79 Å². The highest BCUT2D eigenvalue weighted by molar-refractivity contribution is 5.92. The number of unbranched alkanes of at least 4 members (excludes halogenated alkanes) is 3. The number of hydrogen-bond donors (Lipinski definition) is 0. The van der Waals surface area contributed by atoms with E-state index in [-0.39, 0.29) is 5.91 Å². The van der Waals surface area contributed by atoms with E-state index >= 15 is 0 Å². The van der Waals surface area contributed by atoms with Gasteiger partial charge >= 0.3 is 0 Å². The van der Waals surface area contributed by atoms with Crippen molar-refractivity contribution >= 4 is 16.9 Å². The molecule has 0 aliphatic heterocycles. The molecule has 0 fully saturated rings. The minimum atomic E-state index is -0.0878. The molecular formula is C21H26N4O. The Balaban J connectivity index is 1.80. The van der Waals surface area contributed by atoms with Crippen LogP contribution in [0.2, 0.25) is 0 Å². The summed E-state index contributed by atoms with van der Waals surface area (Å²) in [6.45, 7) is 3.62. The summed E-state index contributed by atoms with van der Waals surface area (Å²) in [4.78, 5) is 23.2. The Labute approximate surface area is 154 Å². The van der Waals surface area contributed by atoms with Gasteiger partial charge in [0.2, 0.25) is 0 Å². The van der Waals surface area contributed by atoms with Crippen molar-refractivity contribution in [3.8, 4) is 0 Å². The highest BCUT2D eigenvalue weighted by Crippen LogP contribution is 2.19. The number of fused-ring (bicyclic) bond motifs is 1. The quantitative estimate of drug-likeness (QED) is 0.570. The molecule has 0 atom stereocenters. The number of rotatable bonds is 8. The number of amides is 1. The summed E-state index contributed by atoms with van der Waals surface area (Å²) < 4.78 is 2.26. The van der Waals surface area contributed by atoms with Crippen molar-refractivity contribution in [2.75, 3.05) is 7.05 Å². The summed E-state index contributed by atoms with van der Waals surface area (Å²) in [5.41, 5.74) is 2.58. The van der Waals surface area contributed by atoms with Crippen molar-refractivity contribution in [2.45, 2.75) is 45.7 Å². The topological polar surface area (TPSA) is 51.0 Å². The maximum absolute atomic E-state index is 12.6.